The Labute approximate surface area is 170 Å². The molecule has 29 heavy (non-hydrogen) atoms. The molecule has 7 heteroatoms. The molecule has 0 aliphatic carbocycles. The van der Waals surface area contributed by atoms with Crippen LogP contribution in [-0.4, -0.2) is 25.8 Å². The number of hydrogen-bond acceptors (Lipinski definition) is 2. The number of halogens is 3. The summed E-state index contributed by atoms with van der Waals surface area (Å²) >= 11 is 0. The van der Waals surface area contributed by atoms with E-state index < -0.39 is 21.8 Å². The molecule has 1 aliphatic heterocycles. The summed E-state index contributed by atoms with van der Waals surface area (Å²) in [4.78, 5) is 0.376. The van der Waals surface area contributed by atoms with Gasteiger partial charge in [-0.25, -0.2) is 8.42 Å². The Balaban J connectivity index is 1.56. The quantitative estimate of drug-likeness (QED) is 0.647. The van der Waals surface area contributed by atoms with Crippen LogP contribution in [0.1, 0.15) is 41.5 Å². The van der Waals surface area contributed by atoms with Crippen molar-refractivity contribution < 1.29 is 21.6 Å². The molecule has 3 rings (SSSR count). The molecule has 0 N–H and O–H groups in total. The molecule has 0 bridgehead atoms. The molecule has 0 amide bonds. The Hall–Kier alpha value is -1.86. The first kappa shape index (κ1) is 21.8. The Bertz CT molecular complexity index is 945. The average molecular weight is 426 g/mol. The number of hydrogen-bond donors (Lipinski definition) is 0. The molecule has 1 fully saturated rings. The number of rotatable bonds is 5. The molecule has 1 heterocycles. The van der Waals surface area contributed by atoms with Crippen molar-refractivity contribution in [3.05, 3.63) is 64.7 Å². The molecule has 0 spiro atoms. The van der Waals surface area contributed by atoms with Crippen LogP contribution < -0.4 is 0 Å². The van der Waals surface area contributed by atoms with E-state index in [-0.39, 0.29) is 0 Å². The van der Waals surface area contributed by atoms with Gasteiger partial charge in [-0.1, -0.05) is 24.3 Å². The molecular weight excluding hydrogens is 399 g/mol. The third-order valence-electron chi connectivity index (χ3n) is 5.66. The summed E-state index contributed by atoms with van der Waals surface area (Å²) in [7, 11) is -3.50. The van der Waals surface area contributed by atoms with Crippen molar-refractivity contribution in [1.82, 2.24) is 4.31 Å². The van der Waals surface area contributed by atoms with E-state index in [2.05, 4.69) is 0 Å². The lowest BCUT2D eigenvalue weighted by Crippen LogP contribution is -2.38. The van der Waals surface area contributed by atoms with Gasteiger partial charge in [-0.15, -0.1) is 0 Å². The summed E-state index contributed by atoms with van der Waals surface area (Å²) in [5.41, 5.74) is 1.91. The topological polar surface area (TPSA) is 37.4 Å². The number of sulfonamides is 1. The van der Waals surface area contributed by atoms with Crippen LogP contribution in [0.3, 0.4) is 0 Å². The predicted octanol–water partition coefficient (Wildman–Crippen LogP) is 5.36. The maximum absolute atomic E-state index is 13.0. The first-order chi connectivity index (χ1) is 13.6. The smallest absolute Gasteiger partial charge is 0.207 e. The van der Waals surface area contributed by atoms with E-state index in [1.165, 1.54) is 12.1 Å². The van der Waals surface area contributed by atoms with E-state index in [1.807, 2.05) is 26.0 Å². The van der Waals surface area contributed by atoms with Crippen LogP contribution in [0.2, 0.25) is 0 Å². The molecule has 1 aliphatic rings. The van der Waals surface area contributed by atoms with Gasteiger partial charge in [-0.05, 0) is 80.3 Å². The Kier molecular flexibility index (Phi) is 6.39. The van der Waals surface area contributed by atoms with E-state index in [1.54, 1.807) is 10.4 Å². The van der Waals surface area contributed by atoms with Gasteiger partial charge in [0.1, 0.15) is 0 Å². The largest absolute Gasteiger partial charge is 0.416 e. The van der Waals surface area contributed by atoms with Crippen LogP contribution in [0.5, 0.6) is 0 Å². The molecule has 0 saturated carbocycles. The van der Waals surface area contributed by atoms with Crippen LogP contribution in [-0.2, 0) is 22.6 Å². The maximum atomic E-state index is 13.0. The molecule has 0 unspecified atom stereocenters. The molecule has 0 radical (unpaired) electrons. The van der Waals surface area contributed by atoms with Crippen molar-refractivity contribution in [2.45, 2.75) is 50.6 Å². The molecule has 2 aromatic carbocycles. The second-order valence-electron chi connectivity index (χ2n) is 7.85. The predicted molar refractivity (Wildman–Crippen MR) is 107 cm³/mol. The second kappa shape index (κ2) is 8.48. The molecule has 3 nitrogen and oxygen atoms in total. The first-order valence-corrected chi connectivity index (χ1v) is 11.2. The van der Waals surface area contributed by atoms with Crippen LogP contribution in [0, 0.1) is 19.8 Å². The lowest BCUT2D eigenvalue weighted by molar-refractivity contribution is -0.137. The van der Waals surface area contributed by atoms with Gasteiger partial charge in [0.05, 0.1) is 10.5 Å². The zero-order valence-corrected chi connectivity index (χ0v) is 17.5. The first-order valence-electron chi connectivity index (χ1n) is 9.81. The minimum absolute atomic E-state index is 0.376. The van der Waals surface area contributed by atoms with Crippen molar-refractivity contribution in [3.63, 3.8) is 0 Å². The van der Waals surface area contributed by atoms with Gasteiger partial charge in [0.2, 0.25) is 10.0 Å². The van der Waals surface area contributed by atoms with Crippen molar-refractivity contribution in [2.75, 3.05) is 13.1 Å². The highest BCUT2D eigenvalue weighted by molar-refractivity contribution is 7.89. The molecular formula is C22H26F3NO2S. The number of nitrogens with zero attached hydrogens (tertiary/aromatic N) is 1. The third kappa shape index (κ3) is 5.20. The highest BCUT2D eigenvalue weighted by atomic mass is 32.2. The van der Waals surface area contributed by atoms with Crippen LogP contribution in [0.4, 0.5) is 13.2 Å². The summed E-state index contributed by atoms with van der Waals surface area (Å²) in [5.74, 6) is 0.377. The third-order valence-corrected chi connectivity index (χ3v) is 7.70. The fraction of sp³-hybridized carbons (Fsp3) is 0.455. The number of aryl methyl sites for hydroxylation is 3. The highest BCUT2D eigenvalue weighted by Crippen LogP contribution is 2.31. The summed E-state index contributed by atoms with van der Waals surface area (Å²) < 4.78 is 65.5. The van der Waals surface area contributed by atoms with Crippen LogP contribution >= 0.6 is 0 Å². The fourth-order valence-electron chi connectivity index (χ4n) is 3.79. The standard InChI is InChI=1S/C22H26F3NO2S/c1-16-3-4-17(2)21(15-16)29(27,28)26-13-11-19(12-14-26)6-5-18-7-9-20(10-8-18)22(23,24)25/h3-4,7-10,15,19H,5-6,11-14H2,1-2H3. The van der Waals surface area contributed by atoms with E-state index in [0.717, 1.165) is 48.1 Å². The second-order valence-corrected chi connectivity index (χ2v) is 9.76. The normalized spacial score (nSPS) is 16.9. The van der Waals surface area contributed by atoms with Crippen molar-refractivity contribution in [1.29, 1.82) is 0 Å². The molecule has 1 saturated heterocycles. The Morgan fingerprint density at radius 2 is 1.62 bits per heavy atom. The minimum atomic E-state index is -4.31. The molecule has 158 valence electrons. The van der Waals surface area contributed by atoms with Gasteiger partial charge in [-0.3, -0.25) is 0 Å². The van der Waals surface area contributed by atoms with Crippen LogP contribution in [0.15, 0.2) is 47.4 Å². The van der Waals surface area contributed by atoms with E-state index in [0.29, 0.717) is 30.3 Å². The van der Waals surface area contributed by atoms with Gasteiger partial charge < -0.3 is 0 Å². The summed E-state index contributed by atoms with van der Waals surface area (Å²) in [6, 6.07) is 10.8. The van der Waals surface area contributed by atoms with Crippen molar-refractivity contribution in [2.24, 2.45) is 5.92 Å². The van der Waals surface area contributed by atoms with Gasteiger partial charge >= 0.3 is 6.18 Å². The average Bonchev–Trinajstić information content (AvgIpc) is 2.68. The molecule has 0 atom stereocenters. The highest BCUT2D eigenvalue weighted by Gasteiger charge is 2.31. The Morgan fingerprint density at radius 3 is 2.21 bits per heavy atom. The zero-order valence-electron chi connectivity index (χ0n) is 16.7. The number of alkyl halides is 3. The molecule has 2 aromatic rings. The number of piperidine rings is 1. The van der Waals surface area contributed by atoms with Crippen molar-refractivity contribution in [3.8, 4) is 0 Å². The Morgan fingerprint density at radius 1 is 1.00 bits per heavy atom. The summed E-state index contributed by atoms with van der Waals surface area (Å²) in [6.07, 6.45) is -1.22. The minimum Gasteiger partial charge on any atom is -0.207 e. The fourth-order valence-corrected chi connectivity index (χ4v) is 5.57. The summed E-state index contributed by atoms with van der Waals surface area (Å²) in [5, 5.41) is 0. The zero-order chi connectivity index (χ0) is 21.2. The lowest BCUT2D eigenvalue weighted by Gasteiger charge is -2.31. The van der Waals surface area contributed by atoms with E-state index >= 15 is 0 Å². The van der Waals surface area contributed by atoms with Gasteiger partial charge in [0.15, 0.2) is 0 Å². The number of benzene rings is 2. The SMILES string of the molecule is Cc1ccc(C)c(S(=O)(=O)N2CCC(CCc3ccc(C(F)(F)F)cc3)CC2)c1. The molecule has 0 aromatic heterocycles. The van der Waals surface area contributed by atoms with Gasteiger partial charge in [0.25, 0.3) is 0 Å². The monoisotopic (exact) mass is 425 g/mol. The van der Waals surface area contributed by atoms with E-state index in [9.17, 15) is 21.6 Å². The van der Waals surface area contributed by atoms with E-state index in [4.69, 9.17) is 0 Å². The van der Waals surface area contributed by atoms with Crippen molar-refractivity contribution >= 4 is 10.0 Å². The van der Waals surface area contributed by atoms with Gasteiger partial charge in [0, 0.05) is 13.1 Å². The van der Waals surface area contributed by atoms with Crippen LogP contribution in [0.25, 0.3) is 0 Å². The maximum Gasteiger partial charge on any atom is 0.416 e. The van der Waals surface area contributed by atoms with Gasteiger partial charge in [-0.2, -0.15) is 17.5 Å². The lowest BCUT2D eigenvalue weighted by atomic mass is 9.91. The summed E-state index contributed by atoms with van der Waals surface area (Å²) in [6.45, 7) is 4.65.